The average molecular weight is 660 g/mol. The molecular weight excluding hydrogens is 625 g/mol. The number of aromatic nitrogens is 4. The Bertz CT molecular complexity index is 1410. The first kappa shape index (κ1) is 29.9. The summed E-state index contributed by atoms with van der Waals surface area (Å²) in [5, 5.41) is 18.0. The van der Waals surface area contributed by atoms with E-state index in [0.717, 1.165) is 46.0 Å². The van der Waals surface area contributed by atoms with Gasteiger partial charge in [-0.1, -0.05) is 29.5 Å². The summed E-state index contributed by atoms with van der Waals surface area (Å²) in [7, 11) is 2.02. The quantitative estimate of drug-likeness (QED) is 0.113. The molecule has 2 aromatic carbocycles. The van der Waals surface area contributed by atoms with Crippen LogP contribution in [0.4, 0.5) is 5.69 Å². The van der Waals surface area contributed by atoms with Crippen LogP contribution in [0.15, 0.2) is 72.9 Å². The number of anilines is 1. The predicted octanol–water partition coefficient (Wildman–Crippen LogP) is -0.208. The summed E-state index contributed by atoms with van der Waals surface area (Å²) >= 11 is 0. The van der Waals surface area contributed by atoms with Gasteiger partial charge in [0, 0.05) is 25.3 Å². The number of fused-ring (bicyclic) bond motifs is 2. The van der Waals surface area contributed by atoms with E-state index in [-0.39, 0.29) is 37.2 Å². The number of hydrogen-bond donors (Lipinski definition) is 1. The fourth-order valence-electron chi connectivity index (χ4n) is 4.41. The Hall–Kier alpha value is -3.10. The molecule has 0 unspecified atom stereocenters. The number of aliphatic hydroxyl groups is 1. The maximum atomic E-state index is 8.75. The normalized spacial score (nSPS) is 13.4. The molecule has 11 heteroatoms. The van der Waals surface area contributed by atoms with Gasteiger partial charge in [0.1, 0.15) is 12.3 Å². The second-order valence-corrected chi connectivity index (χ2v) is 9.07. The highest BCUT2D eigenvalue weighted by Crippen LogP contribution is 2.38. The molecule has 0 aliphatic carbocycles. The lowest BCUT2D eigenvalue weighted by Crippen LogP contribution is -3.00. The van der Waals surface area contributed by atoms with E-state index in [4.69, 9.17) is 24.1 Å². The minimum absolute atomic E-state index is 0. The van der Waals surface area contributed by atoms with Gasteiger partial charge in [-0.15, -0.1) is 5.10 Å². The Morgan fingerprint density at radius 1 is 0.950 bits per heavy atom. The molecule has 0 saturated heterocycles. The van der Waals surface area contributed by atoms with Gasteiger partial charge >= 0.3 is 0 Å². The van der Waals surface area contributed by atoms with Crippen molar-refractivity contribution in [3.05, 3.63) is 84.1 Å². The molecule has 40 heavy (non-hydrogen) atoms. The van der Waals surface area contributed by atoms with Crippen molar-refractivity contribution >= 4 is 22.7 Å². The Morgan fingerprint density at radius 2 is 1.75 bits per heavy atom. The summed E-state index contributed by atoms with van der Waals surface area (Å²) in [6.45, 7) is 4.08. The van der Waals surface area contributed by atoms with Crippen molar-refractivity contribution in [1.29, 1.82) is 0 Å². The van der Waals surface area contributed by atoms with Gasteiger partial charge in [-0.25, -0.2) is 4.68 Å². The molecule has 4 aromatic rings. The molecule has 0 fully saturated rings. The molecule has 3 heterocycles. The molecular formula is C29H34IN5O5. The summed E-state index contributed by atoms with van der Waals surface area (Å²) in [5.41, 5.74) is 4.03. The van der Waals surface area contributed by atoms with Crippen molar-refractivity contribution in [2.45, 2.75) is 19.7 Å². The van der Waals surface area contributed by atoms with Gasteiger partial charge in [0.2, 0.25) is 11.4 Å². The third kappa shape index (κ3) is 7.55. The van der Waals surface area contributed by atoms with Crippen LogP contribution in [-0.2, 0) is 33.9 Å². The molecule has 0 amide bonds. The van der Waals surface area contributed by atoms with Crippen LogP contribution in [-0.4, -0.2) is 66.8 Å². The molecule has 212 valence electrons. The zero-order chi connectivity index (χ0) is 26.9. The molecule has 0 atom stereocenters. The molecule has 1 aliphatic rings. The van der Waals surface area contributed by atoms with Crippen LogP contribution >= 0.6 is 0 Å². The smallest absolute Gasteiger partial charge is 0.213 e. The number of para-hydroxylation sites is 3. The van der Waals surface area contributed by atoms with E-state index < -0.39 is 0 Å². The molecule has 0 spiro atoms. The first-order valence-electron chi connectivity index (χ1n) is 13.1. The number of nitrogens with zero attached hydrogens (tertiary/aromatic N) is 5. The molecule has 0 bridgehead atoms. The number of aliphatic hydroxyl groups excluding tert-OH is 1. The Balaban J connectivity index is 0.00000370. The fraction of sp³-hybridized carbons (Fsp3) is 0.345. The van der Waals surface area contributed by atoms with Gasteiger partial charge in [0.05, 0.1) is 63.5 Å². The van der Waals surface area contributed by atoms with Crippen LogP contribution in [0.2, 0.25) is 0 Å². The standard InChI is InChI=1S/C29H34N5O5.HI/c1-32-27-8-4-5-9-28(27)39-29(32)20-23-10-11-33(26-7-3-2-6-25(23)26)12-15-36-18-19-37-16-13-34-21-24(30-31-34)22-38-17-14-35;/h2-11,20-21,35H,12-19,22H2,1H3;1H/q+1;/p-1. The van der Waals surface area contributed by atoms with Crippen molar-refractivity contribution in [2.24, 2.45) is 0 Å². The summed E-state index contributed by atoms with van der Waals surface area (Å²) in [5.74, 6) is 1.68. The van der Waals surface area contributed by atoms with E-state index in [1.54, 1.807) is 4.68 Å². The maximum absolute atomic E-state index is 8.75. The highest BCUT2D eigenvalue weighted by atomic mass is 127. The molecule has 1 N–H and O–H groups in total. The number of rotatable bonds is 14. The first-order chi connectivity index (χ1) is 19.2. The van der Waals surface area contributed by atoms with Gasteiger partial charge in [0.15, 0.2) is 18.5 Å². The SMILES string of the molecule is CN1C(=Cc2cc[n+](CCOCCOCCn3cc(COCCO)nn3)c3ccccc23)Oc2ccccc21.[I-]. The fourth-order valence-corrected chi connectivity index (χ4v) is 4.41. The third-order valence-electron chi connectivity index (χ3n) is 6.39. The Morgan fingerprint density at radius 3 is 2.60 bits per heavy atom. The van der Waals surface area contributed by atoms with E-state index in [1.807, 2.05) is 31.4 Å². The van der Waals surface area contributed by atoms with E-state index in [9.17, 15) is 0 Å². The lowest BCUT2D eigenvalue weighted by molar-refractivity contribution is -0.673. The van der Waals surface area contributed by atoms with Gasteiger partial charge in [0.25, 0.3) is 0 Å². The third-order valence-corrected chi connectivity index (χ3v) is 6.39. The number of ether oxygens (including phenoxy) is 4. The maximum Gasteiger partial charge on any atom is 0.213 e. The zero-order valence-corrected chi connectivity index (χ0v) is 24.6. The minimum atomic E-state index is -0.00614. The number of pyridine rings is 1. The van der Waals surface area contributed by atoms with Crippen LogP contribution in [0.1, 0.15) is 11.3 Å². The summed E-state index contributed by atoms with van der Waals surface area (Å²) < 4.78 is 26.8. The molecule has 0 saturated carbocycles. The van der Waals surface area contributed by atoms with Crippen molar-refractivity contribution in [2.75, 3.05) is 51.6 Å². The van der Waals surface area contributed by atoms with Gasteiger partial charge in [-0.2, -0.15) is 4.57 Å². The second kappa shape index (κ2) is 15.1. The zero-order valence-electron chi connectivity index (χ0n) is 22.5. The molecule has 10 nitrogen and oxygen atoms in total. The molecule has 0 radical (unpaired) electrons. The van der Waals surface area contributed by atoms with E-state index in [2.05, 4.69) is 68.5 Å². The van der Waals surface area contributed by atoms with Crippen molar-refractivity contribution < 1.29 is 52.6 Å². The van der Waals surface area contributed by atoms with Crippen molar-refractivity contribution in [1.82, 2.24) is 15.0 Å². The monoisotopic (exact) mass is 659 g/mol. The van der Waals surface area contributed by atoms with Gasteiger partial charge in [-0.05, 0) is 23.8 Å². The van der Waals surface area contributed by atoms with E-state index in [0.29, 0.717) is 39.6 Å². The van der Waals surface area contributed by atoms with Gasteiger partial charge < -0.3 is 52.9 Å². The highest BCUT2D eigenvalue weighted by Gasteiger charge is 2.23. The summed E-state index contributed by atoms with van der Waals surface area (Å²) in [4.78, 5) is 2.07. The lowest BCUT2D eigenvalue weighted by atomic mass is 10.1. The van der Waals surface area contributed by atoms with Crippen molar-refractivity contribution in [3.63, 3.8) is 0 Å². The Kier molecular flexibility index (Phi) is 11.2. The molecule has 2 aromatic heterocycles. The van der Waals surface area contributed by atoms with Crippen LogP contribution in [0.3, 0.4) is 0 Å². The average Bonchev–Trinajstić information content (AvgIpc) is 3.55. The molecule has 5 rings (SSSR count). The lowest BCUT2D eigenvalue weighted by Gasteiger charge is -2.11. The van der Waals surface area contributed by atoms with Crippen molar-refractivity contribution in [3.8, 4) is 5.75 Å². The second-order valence-electron chi connectivity index (χ2n) is 9.07. The number of halogens is 1. The highest BCUT2D eigenvalue weighted by molar-refractivity contribution is 5.86. The topological polar surface area (TPSA) is 95.0 Å². The van der Waals surface area contributed by atoms with E-state index in [1.165, 1.54) is 0 Å². The number of hydrogen-bond acceptors (Lipinski definition) is 8. The first-order valence-corrected chi connectivity index (χ1v) is 13.1. The predicted molar refractivity (Wildman–Crippen MR) is 146 cm³/mol. The summed E-state index contributed by atoms with van der Waals surface area (Å²) in [6.07, 6.45) is 6.00. The van der Waals surface area contributed by atoms with Crippen LogP contribution in [0.5, 0.6) is 5.75 Å². The molecule has 1 aliphatic heterocycles. The largest absolute Gasteiger partial charge is 1.00 e. The summed E-state index contributed by atoms with van der Waals surface area (Å²) in [6, 6.07) is 18.5. The van der Waals surface area contributed by atoms with E-state index >= 15 is 0 Å². The Labute approximate surface area is 250 Å². The number of benzene rings is 2. The minimum Gasteiger partial charge on any atom is -1.00 e. The van der Waals surface area contributed by atoms with Crippen LogP contribution < -0.4 is 38.2 Å². The van der Waals surface area contributed by atoms with Crippen LogP contribution in [0, 0.1) is 0 Å². The van der Waals surface area contributed by atoms with Gasteiger partial charge in [-0.3, -0.25) is 0 Å². The van der Waals surface area contributed by atoms with Crippen LogP contribution in [0.25, 0.3) is 17.0 Å².